The van der Waals surface area contributed by atoms with Crippen LogP contribution in [0.1, 0.15) is 41.0 Å². The minimum atomic E-state index is -0.0607. The van der Waals surface area contributed by atoms with Crippen molar-refractivity contribution in [3.8, 4) is 6.07 Å². The predicted molar refractivity (Wildman–Crippen MR) is 84.6 cm³/mol. The smallest absolute Gasteiger partial charge is 0.272 e. The Balaban J connectivity index is 1.81. The van der Waals surface area contributed by atoms with E-state index in [1.807, 2.05) is 21.8 Å². The number of carbonyl (C=O) groups excluding carboxylic acids is 1. The lowest BCUT2D eigenvalue weighted by molar-refractivity contribution is 0.0577. The number of aryl methyl sites for hydroxylation is 1. The van der Waals surface area contributed by atoms with E-state index >= 15 is 0 Å². The van der Waals surface area contributed by atoms with E-state index in [-0.39, 0.29) is 11.9 Å². The molecule has 6 nitrogen and oxygen atoms in total. The third-order valence-electron chi connectivity index (χ3n) is 4.27. The first-order valence-electron chi connectivity index (χ1n) is 7.85. The first-order chi connectivity index (χ1) is 11.2. The number of pyridine rings is 1. The maximum absolute atomic E-state index is 12.8. The van der Waals surface area contributed by atoms with E-state index in [9.17, 15) is 4.79 Å². The number of hydrogen-bond acceptors (Lipinski definition) is 4. The van der Waals surface area contributed by atoms with Crippen LogP contribution in [0.5, 0.6) is 0 Å². The van der Waals surface area contributed by atoms with Crippen molar-refractivity contribution >= 4 is 5.91 Å². The molecule has 1 aliphatic rings. The fourth-order valence-corrected chi connectivity index (χ4v) is 3.03. The molecule has 23 heavy (non-hydrogen) atoms. The second-order valence-electron chi connectivity index (χ2n) is 5.82. The number of rotatable bonds is 3. The average molecular weight is 309 g/mol. The summed E-state index contributed by atoms with van der Waals surface area (Å²) in [6, 6.07) is 7.42. The van der Waals surface area contributed by atoms with Crippen molar-refractivity contribution in [3.63, 3.8) is 0 Å². The summed E-state index contributed by atoms with van der Waals surface area (Å²) in [5.74, 6) is -0.0607. The molecule has 0 spiro atoms. The summed E-state index contributed by atoms with van der Waals surface area (Å²) in [7, 11) is 0. The van der Waals surface area contributed by atoms with Crippen LogP contribution in [0.15, 0.2) is 30.6 Å². The third-order valence-corrected chi connectivity index (χ3v) is 4.27. The minimum Gasteiger partial charge on any atom is -0.332 e. The first-order valence-corrected chi connectivity index (χ1v) is 7.85. The van der Waals surface area contributed by atoms with Gasteiger partial charge >= 0.3 is 0 Å². The van der Waals surface area contributed by atoms with Gasteiger partial charge in [0, 0.05) is 18.9 Å². The van der Waals surface area contributed by atoms with Crippen LogP contribution in [-0.4, -0.2) is 38.2 Å². The van der Waals surface area contributed by atoms with Gasteiger partial charge in [0.2, 0.25) is 0 Å². The lowest BCUT2D eigenvalue weighted by Crippen LogP contribution is -2.46. The molecule has 1 amide bonds. The molecule has 6 heteroatoms. The van der Waals surface area contributed by atoms with Crippen LogP contribution in [-0.2, 0) is 6.54 Å². The molecule has 118 valence electrons. The Labute approximate surface area is 135 Å². The van der Waals surface area contributed by atoms with Crippen LogP contribution in [0.4, 0.5) is 0 Å². The van der Waals surface area contributed by atoms with Crippen LogP contribution < -0.4 is 0 Å². The minimum absolute atomic E-state index is 0.0607. The summed E-state index contributed by atoms with van der Waals surface area (Å²) >= 11 is 0. The Bertz CT molecular complexity index is 732. The molecular formula is C17H19N5O. The average Bonchev–Trinajstić information content (AvgIpc) is 3.07. The number of carbonyl (C=O) groups is 1. The van der Waals surface area contributed by atoms with E-state index in [1.165, 1.54) is 0 Å². The molecule has 1 saturated heterocycles. The molecule has 2 aromatic heterocycles. The van der Waals surface area contributed by atoms with Gasteiger partial charge in [0.15, 0.2) is 0 Å². The highest BCUT2D eigenvalue weighted by molar-refractivity contribution is 5.92. The molecule has 3 rings (SSSR count). The lowest BCUT2D eigenvalue weighted by Gasteiger charge is -2.35. The molecule has 0 bridgehead atoms. The van der Waals surface area contributed by atoms with E-state index < -0.39 is 0 Å². The molecule has 0 N–H and O–H groups in total. The number of nitrogens with zero attached hydrogens (tertiary/aromatic N) is 5. The van der Waals surface area contributed by atoms with Gasteiger partial charge in [-0.2, -0.15) is 10.4 Å². The molecule has 2 aromatic rings. The summed E-state index contributed by atoms with van der Waals surface area (Å²) in [6.45, 7) is 3.20. The number of amides is 1. The number of piperidine rings is 1. The summed E-state index contributed by atoms with van der Waals surface area (Å²) in [4.78, 5) is 19.1. The van der Waals surface area contributed by atoms with E-state index in [4.69, 9.17) is 5.26 Å². The van der Waals surface area contributed by atoms with Crippen molar-refractivity contribution in [1.82, 2.24) is 19.7 Å². The quantitative estimate of drug-likeness (QED) is 0.870. The van der Waals surface area contributed by atoms with Gasteiger partial charge in [0.1, 0.15) is 11.8 Å². The highest BCUT2D eigenvalue weighted by atomic mass is 16.2. The van der Waals surface area contributed by atoms with Crippen molar-refractivity contribution in [2.75, 3.05) is 6.54 Å². The normalized spacial score (nSPS) is 17.7. The molecule has 1 fully saturated rings. The van der Waals surface area contributed by atoms with Crippen molar-refractivity contribution in [2.45, 2.75) is 38.8 Å². The second-order valence-corrected chi connectivity index (χ2v) is 5.82. The van der Waals surface area contributed by atoms with Crippen molar-refractivity contribution in [1.29, 1.82) is 5.26 Å². The van der Waals surface area contributed by atoms with E-state index in [0.29, 0.717) is 23.5 Å². The van der Waals surface area contributed by atoms with Gasteiger partial charge < -0.3 is 4.90 Å². The number of aromatic nitrogens is 3. The Morgan fingerprint density at radius 3 is 3.00 bits per heavy atom. The zero-order chi connectivity index (χ0) is 16.2. The van der Waals surface area contributed by atoms with Gasteiger partial charge in [-0.25, -0.2) is 4.98 Å². The molecule has 0 radical (unpaired) electrons. The topological polar surface area (TPSA) is 74.8 Å². The van der Waals surface area contributed by atoms with Gasteiger partial charge in [0.25, 0.3) is 5.91 Å². The van der Waals surface area contributed by atoms with E-state index in [2.05, 4.69) is 16.2 Å². The molecule has 0 aliphatic carbocycles. The van der Waals surface area contributed by atoms with E-state index in [0.717, 1.165) is 25.8 Å². The Hall–Kier alpha value is -2.68. The number of likely N-dealkylation sites (tertiary alicyclic amines) is 1. The Morgan fingerprint density at radius 2 is 2.30 bits per heavy atom. The molecule has 1 aliphatic heterocycles. The largest absolute Gasteiger partial charge is 0.332 e. The van der Waals surface area contributed by atoms with Gasteiger partial charge in [0.05, 0.1) is 23.8 Å². The fourth-order valence-electron chi connectivity index (χ4n) is 3.03. The summed E-state index contributed by atoms with van der Waals surface area (Å²) in [6.07, 6.45) is 6.77. The zero-order valence-corrected chi connectivity index (χ0v) is 13.1. The molecule has 3 heterocycles. The van der Waals surface area contributed by atoms with Crippen LogP contribution in [0.2, 0.25) is 0 Å². The molecule has 0 unspecified atom stereocenters. The highest BCUT2D eigenvalue weighted by Crippen LogP contribution is 2.21. The summed E-state index contributed by atoms with van der Waals surface area (Å²) in [5, 5.41) is 13.2. The maximum atomic E-state index is 12.8. The maximum Gasteiger partial charge on any atom is 0.272 e. The molecule has 0 aromatic carbocycles. The highest BCUT2D eigenvalue weighted by Gasteiger charge is 2.28. The molecule has 0 saturated carbocycles. The van der Waals surface area contributed by atoms with Gasteiger partial charge in [-0.3, -0.25) is 9.48 Å². The Morgan fingerprint density at radius 1 is 1.43 bits per heavy atom. The standard InChI is InChI=1S/C17H19N5O/c1-13-14(11-18)6-7-16(20-13)17(23)22-10-3-2-5-15(22)12-21-9-4-8-19-21/h4,6-9,15H,2-3,5,10,12H2,1H3/t15-/m0/s1. The Kier molecular flexibility index (Phi) is 4.38. The third kappa shape index (κ3) is 3.24. The van der Waals surface area contributed by atoms with E-state index in [1.54, 1.807) is 25.3 Å². The van der Waals surface area contributed by atoms with Gasteiger partial charge in [-0.05, 0) is 44.4 Å². The van der Waals surface area contributed by atoms with Gasteiger partial charge in [-0.15, -0.1) is 0 Å². The van der Waals surface area contributed by atoms with Crippen molar-refractivity contribution < 1.29 is 4.79 Å². The monoisotopic (exact) mass is 309 g/mol. The van der Waals surface area contributed by atoms with Crippen molar-refractivity contribution in [3.05, 3.63) is 47.5 Å². The zero-order valence-electron chi connectivity index (χ0n) is 13.1. The first kappa shape index (κ1) is 15.2. The molecular weight excluding hydrogens is 290 g/mol. The second kappa shape index (κ2) is 6.61. The van der Waals surface area contributed by atoms with Crippen LogP contribution >= 0.6 is 0 Å². The molecule has 1 atom stereocenters. The van der Waals surface area contributed by atoms with Crippen LogP contribution in [0, 0.1) is 18.3 Å². The van der Waals surface area contributed by atoms with Gasteiger partial charge in [-0.1, -0.05) is 0 Å². The predicted octanol–water partition coefficient (Wildman–Crippen LogP) is 2.15. The SMILES string of the molecule is Cc1nc(C(=O)N2CCCC[C@H]2Cn2cccn2)ccc1C#N. The summed E-state index contributed by atoms with van der Waals surface area (Å²) < 4.78 is 1.87. The number of hydrogen-bond donors (Lipinski definition) is 0. The fraction of sp³-hybridized carbons (Fsp3) is 0.412. The lowest BCUT2D eigenvalue weighted by atomic mass is 10.0. The van der Waals surface area contributed by atoms with Crippen molar-refractivity contribution in [2.24, 2.45) is 0 Å². The van der Waals surface area contributed by atoms with Crippen LogP contribution in [0.3, 0.4) is 0 Å². The number of nitriles is 1. The van der Waals surface area contributed by atoms with Crippen LogP contribution in [0.25, 0.3) is 0 Å². The summed E-state index contributed by atoms with van der Waals surface area (Å²) in [5.41, 5.74) is 1.51.